The predicted molar refractivity (Wildman–Crippen MR) is 247 cm³/mol. The van der Waals surface area contributed by atoms with Crippen LogP contribution >= 0.6 is 0 Å². The predicted octanol–water partition coefficient (Wildman–Crippen LogP) is 9.64. The summed E-state index contributed by atoms with van der Waals surface area (Å²) in [6, 6.07) is 61.8. The van der Waals surface area contributed by atoms with Gasteiger partial charge in [0.2, 0.25) is 5.90 Å². The second kappa shape index (κ2) is 21.1. The Kier molecular flexibility index (Phi) is 14.2. The first kappa shape index (κ1) is 42.5. The van der Waals surface area contributed by atoms with Crippen LogP contribution in [0.2, 0.25) is 0 Å². The van der Waals surface area contributed by atoms with Crippen LogP contribution in [0.1, 0.15) is 45.9 Å². The van der Waals surface area contributed by atoms with Crippen LogP contribution in [-0.2, 0) is 35.6 Å². The van der Waals surface area contributed by atoms with Gasteiger partial charge in [-0.1, -0.05) is 152 Å². The SMILES string of the molecule is O=C(NNCCc1ccc(OCc2ccccc2)c(OCc2ccccc2)c1)[C@@]1(Cc2ccccc2)N=C(c2ccc(OCCCO)cc2)O[C@H]1c1ccc(-c2ccccc2)cc1. The third-order valence-corrected chi connectivity index (χ3v) is 10.9. The molecule has 9 nitrogen and oxygen atoms in total. The molecule has 7 aromatic carbocycles. The number of hydrogen-bond acceptors (Lipinski definition) is 8. The molecule has 1 aliphatic rings. The van der Waals surface area contributed by atoms with Gasteiger partial charge in [0.1, 0.15) is 19.0 Å². The van der Waals surface area contributed by atoms with E-state index in [0.717, 1.165) is 38.9 Å². The summed E-state index contributed by atoms with van der Waals surface area (Å²) in [6.07, 6.45) is 0.654. The first-order valence-corrected chi connectivity index (χ1v) is 21.4. The first-order chi connectivity index (χ1) is 31.1. The van der Waals surface area contributed by atoms with Gasteiger partial charge >= 0.3 is 0 Å². The van der Waals surface area contributed by atoms with Crippen LogP contribution in [0.5, 0.6) is 17.2 Å². The van der Waals surface area contributed by atoms with Crippen LogP contribution in [0.15, 0.2) is 193 Å². The summed E-state index contributed by atoms with van der Waals surface area (Å²) in [5.41, 5.74) is 12.6. The van der Waals surface area contributed by atoms with Crippen molar-refractivity contribution in [3.63, 3.8) is 0 Å². The lowest BCUT2D eigenvalue weighted by Crippen LogP contribution is -2.54. The van der Waals surface area contributed by atoms with Crippen molar-refractivity contribution in [2.45, 2.75) is 44.1 Å². The largest absolute Gasteiger partial charge is 0.494 e. The number of aliphatic imine (C=N–C) groups is 1. The first-order valence-electron chi connectivity index (χ1n) is 21.4. The summed E-state index contributed by atoms with van der Waals surface area (Å²) in [6.45, 7) is 1.70. The summed E-state index contributed by atoms with van der Waals surface area (Å²) in [7, 11) is 0. The van der Waals surface area contributed by atoms with E-state index in [1.165, 1.54) is 0 Å². The summed E-state index contributed by atoms with van der Waals surface area (Å²) in [5, 5.41) is 9.20. The van der Waals surface area contributed by atoms with Crippen LogP contribution in [0.4, 0.5) is 0 Å². The van der Waals surface area contributed by atoms with E-state index in [0.29, 0.717) is 67.9 Å². The molecule has 0 spiro atoms. The van der Waals surface area contributed by atoms with E-state index < -0.39 is 11.6 Å². The van der Waals surface area contributed by atoms with Gasteiger partial charge in [-0.05, 0) is 81.8 Å². The number of ether oxygens (including phenoxy) is 4. The number of hydrogen-bond donors (Lipinski definition) is 3. The summed E-state index contributed by atoms with van der Waals surface area (Å²) >= 11 is 0. The van der Waals surface area contributed by atoms with E-state index >= 15 is 0 Å². The van der Waals surface area contributed by atoms with Crippen LogP contribution in [0.3, 0.4) is 0 Å². The Morgan fingerprint density at radius 3 is 1.81 bits per heavy atom. The number of hydrazine groups is 1. The summed E-state index contributed by atoms with van der Waals surface area (Å²) < 4.78 is 25.2. The molecule has 0 saturated heterocycles. The number of carbonyl (C=O) groups excluding carboxylic acids is 1. The highest BCUT2D eigenvalue weighted by molar-refractivity contribution is 6.01. The monoisotopic (exact) mass is 837 g/mol. The van der Waals surface area contributed by atoms with Crippen molar-refractivity contribution in [3.05, 3.63) is 221 Å². The van der Waals surface area contributed by atoms with Crippen LogP contribution in [0.25, 0.3) is 11.1 Å². The Morgan fingerprint density at radius 2 is 1.17 bits per heavy atom. The highest BCUT2D eigenvalue weighted by Crippen LogP contribution is 2.43. The van der Waals surface area contributed by atoms with Crippen molar-refractivity contribution in [1.29, 1.82) is 0 Å². The minimum Gasteiger partial charge on any atom is -0.494 e. The van der Waals surface area contributed by atoms with Gasteiger partial charge in [0.15, 0.2) is 23.1 Å². The standard InChI is InChI=1S/C54H51N3O6/c58-34-13-35-60-48-29-27-47(28-30-48)52-56-54(37-41-14-5-1-6-15-41,51(63-52)46-25-23-45(24-26-46)44-20-11-4-12-21-44)53(59)57-55-33-32-40-22-31-49(61-38-42-16-7-2-8-17-42)50(36-40)62-39-43-18-9-3-10-19-43/h1-12,14-31,36,51,55,58H,13,32-35,37-39H2,(H,57,59)/t51-,54-/m0/s1. The third-order valence-electron chi connectivity index (χ3n) is 10.9. The Bertz CT molecular complexity index is 2540. The Labute approximate surface area is 369 Å². The van der Waals surface area contributed by atoms with Gasteiger partial charge in [0.25, 0.3) is 5.91 Å². The van der Waals surface area contributed by atoms with Crippen molar-refractivity contribution < 1.29 is 28.8 Å². The van der Waals surface area contributed by atoms with Gasteiger partial charge in [0.05, 0.1) is 6.61 Å². The maximum Gasteiger partial charge on any atom is 0.266 e. The zero-order chi connectivity index (χ0) is 43.1. The maximum atomic E-state index is 14.9. The molecule has 1 amide bonds. The lowest BCUT2D eigenvalue weighted by atomic mass is 9.82. The van der Waals surface area contributed by atoms with E-state index in [1.54, 1.807) is 0 Å². The van der Waals surface area contributed by atoms with Gasteiger partial charge in [-0.15, -0.1) is 0 Å². The number of carbonyl (C=O) groups is 1. The second-order valence-electron chi connectivity index (χ2n) is 15.4. The molecule has 0 aromatic heterocycles. The van der Waals surface area contributed by atoms with Gasteiger partial charge in [-0.2, -0.15) is 0 Å². The molecular weight excluding hydrogens is 787 g/mol. The molecule has 0 radical (unpaired) electrons. The number of aliphatic hydroxyl groups is 1. The normalized spacial score (nSPS) is 15.5. The van der Waals surface area contributed by atoms with Crippen molar-refractivity contribution >= 4 is 11.8 Å². The smallest absolute Gasteiger partial charge is 0.266 e. The number of nitrogens with one attached hydrogen (secondary N) is 2. The van der Waals surface area contributed by atoms with Crippen LogP contribution < -0.4 is 25.1 Å². The average molecular weight is 838 g/mol. The molecule has 7 aromatic rings. The highest BCUT2D eigenvalue weighted by Gasteiger charge is 2.53. The molecular formula is C54H51N3O6. The number of rotatable bonds is 20. The molecule has 1 heterocycles. The molecule has 1 aliphatic heterocycles. The average Bonchev–Trinajstić information content (AvgIpc) is 3.73. The second-order valence-corrected chi connectivity index (χ2v) is 15.4. The highest BCUT2D eigenvalue weighted by atomic mass is 16.5. The van der Waals surface area contributed by atoms with E-state index in [-0.39, 0.29) is 18.9 Å². The number of aliphatic hydroxyl groups excluding tert-OH is 1. The van der Waals surface area contributed by atoms with E-state index in [9.17, 15) is 9.90 Å². The molecule has 0 aliphatic carbocycles. The van der Waals surface area contributed by atoms with Crippen LogP contribution in [-0.4, -0.2) is 42.2 Å². The van der Waals surface area contributed by atoms with Gasteiger partial charge < -0.3 is 24.1 Å². The minimum atomic E-state index is -1.38. The molecule has 8 rings (SSSR count). The number of benzene rings is 7. The fourth-order valence-corrected chi connectivity index (χ4v) is 7.54. The van der Waals surface area contributed by atoms with E-state index in [1.807, 2.05) is 164 Å². The van der Waals surface area contributed by atoms with Gasteiger partial charge in [0, 0.05) is 31.6 Å². The van der Waals surface area contributed by atoms with Gasteiger partial charge in [-0.25, -0.2) is 10.4 Å². The van der Waals surface area contributed by atoms with Crippen molar-refractivity contribution in [3.8, 4) is 28.4 Å². The van der Waals surface area contributed by atoms with Crippen molar-refractivity contribution in [2.75, 3.05) is 19.8 Å². The van der Waals surface area contributed by atoms with Crippen molar-refractivity contribution in [1.82, 2.24) is 10.9 Å². The third kappa shape index (κ3) is 11.0. The molecule has 3 N–H and O–H groups in total. The quantitative estimate of drug-likeness (QED) is 0.0518. The van der Waals surface area contributed by atoms with Gasteiger partial charge in [-0.3, -0.25) is 10.2 Å². The summed E-state index contributed by atoms with van der Waals surface area (Å²) in [4.78, 5) is 20.1. The Hall–Kier alpha value is -7.20. The molecule has 0 saturated carbocycles. The fraction of sp³-hybridized carbons (Fsp3) is 0.185. The molecule has 0 unspecified atom stereocenters. The Balaban J connectivity index is 1.04. The molecule has 318 valence electrons. The zero-order valence-corrected chi connectivity index (χ0v) is 35.1. The Morgan fingerprint density at radius 1 is 0.603 bits per heavy atom. The molecule has 0 bridgehead atoms. The summed E-state index contributed by atoms with van der Waals surface area (Å²) in [5.74, 6) is 2.01. The molecule has 2 atom stereocenters. The zero-order valence-electron chi connectivity index (χ0n) is 35.1. The lowest BCUT2D eigenvalue weighted by molar-refractivity contribution is -0.130. The molecule has 0 fully saturated rings. The molecule has 63 heavy (non-hydrogen) atoms. The number of amides is 1. The lowest BCUT2D eigenvalue weighted by Gasteiger charge is -2.31. The fourth-order valence-electron chi connectivity index (χ4n) is 7.54. The van der Waals surface area contributed by atoms with E-state index in [2.05, 4.69) is 35.1 Å². The topological polar surface area (TPSA) is 111 Å². The molecule has 9 heteroatoms. The number of nitrogens with zero attached hydrogens (tertiary/aromatic N) is 1. The maximum absolute atomic E-state index is 14.9. The van der Waals surface area contributed by atoms with Crippen molar-refractivity contribution in [2.24, 2.45) is 4.99 Å². The van der Waals surface area contributed by atoms with Crippen LogP contribution in [0, 0.1) is 0 Å². The minimum absolute atomic E-state index is 0.0556. The van der Waals surface area contributed by atoms with E-state index in [4.69, 9.17) is 23.9 Å².